The van der Waals surface area contributed by atoms with Crippen LogP contribution in [0.3, 0.4) is 0 Å². The molecular weight excluding hydrogens is 713 g/mol. The Labute approximate surface area is 340 Å². The highest BCUT2D eigenvalue weighted by Crippen LogP contribution is 2.52. The van der Waals surface area contributed by atoms with Crippen molar-refractivity contribution in [2.24, 2.45) is 0 Å². The number of benzene rings is 12. The van der Waals surface area contributed by atoms with E-state index in [2.05, 4.69) is 200 Å². The van der Waals surface area contributed by atoms with Gasteiger partial charge in [0.15, 0.2) is 0 Å². The van der Waals surface area contributed by atoms with Gasteiger partial charge in [0.2, 0.25) is 0 Å². The molecule has 0 aliphatic heterocycles. The molecule has 0 saturated carbocycles. The minimum atomic E-state index is 0.898. The first-order valence-electron chi connectivity index (χ1n) is 20.4. The summed E-state index contributed by atoms with van der Waals surface area (Å²) < 4.78 is 6.34. The van der Waals surface area contributed by atoms with Crippen molar-refractivity contribution in [2.45, 2.75) is 0 Å². The molecule has 272 valence electrons. The number of fused-ring (bicyclic) bond motifs is 6. The molecule has 1 heterocycles. The predicted molar refractivity (Wildman–Crippen MR) is 252 cm³/mol. The molecule has 0 atom stereocenters. The van der Waals surface area contributed by atoms with Crippen LogP contribution in [-0.2, 0) is 0 Å². The molecular formula is C58H34O. The van der Waals surface area contributed by atoms with Gasteiger partial charge in [-0.3, -0.25) is 0 Å². The smallest absolute Gasteiger partial charge is 0.135 e. The Bertz CT molecular complexity index is 3770. The van der Waals surface area contributed by atoms with Crippen LogP contribution in [-0.4, -0.2) is 0 Å². The van der Waals surface area contributed by atoms with Gasteiger partial charge in [-0.2, -0.15) is 0 Å². The zero-order chi connectivity index (χ0) is 38.6. The van der Waals surface area contributed by atoms with Crippen LogP contribution >= 0.6 is 0 Å². The second-order valence-electron chi connectivity index (χ2n) is 15.9. The molecule has 13 aromatic rings. The van der Waals surface area contributed by atoms with E-state index in [1.807, 2.05) is 6.07 Å². The summed E-state index contributed by atoms with van der Waals surface area (Å²) in [6, 6.07) is 76.1. The third-order valence-electron chi connectivity index (χ3n) is 12.8. The fourth-order valence-corrected chi connectivity index (χ4v) is 10.3. The Morgan fingerprint density at radius 2 is 0.763 bits per heavy atom. The highest BCUT2D eigenvalue weighted by Gasteiger charge is 2.24. The molecule has 0 saturated heterocycles. The monoisotopic (exact) mass is 746 g/mol. The summed E-state index contributed by atoms with van der Waals surface area (Å²) in [4.78, 5) is 0. The van der Waals surface area contributed by atoms with Crippen molar-refractivity contribution >= 4 is 86.6 Å². The summed E-state index contributed by atoms with van der Waals surface area (Å²) >= 11 is 0. The lowest BCUT2D eigenvalue weighted by Crippen LogP contribution is -1.96. The first-order chi connectivity index (χ1) is 29.3. The van der Waals surface area contributed by atoms with Gasteiger partial charge in [0, 0.05) is 10.8 Å². The summed E-state index contributed by atoms with van der Waals surface area (Å²) in [7, 11) is 0. The molecule has 1 aromatic heterocycles. The van der Waals surface area contributed by atoms with E-state index in [4.69, 9.17) is 4.42 Å². The molecule has 0 bridgehead atoms. The predicted octanol–water partition coefficient (Wildman–Crippen LogP) is 16.6. The minimum Gasteiger partial charge on any atom is -0.456 e. The van der Waals surface area contributed by atoms with E-state index in [0.29, 0.717) is 0 Å². The highest BCUT2D eigenvalue weighted by atomic mass is 16.3. The van der Waals surface area contributed by atoms with E-state index < -0.39 is 0 Å². The summed E-state index contributed by atoms with van der Waals surface area (Å²) in [5.74, 6) is 0. The molecule has 0 radical (unpaired) electrons. The number of rotatable bonds is 4. The van der Waals surface area contributed by atoms with Crippen LogP contribution < -0.4 is 0 Å². The zero-order valence-electron chi connectivity index (χ0n) is 32.0. The fraction of sp³-hybridized carbons (Fsp3) is 0. The SMILES string of the molecule is c1cc(-c2ccc3oc4ccccc4c3c2)c(-c2c3ccccc3c(-c3ccc4ccc5cccc6ccc3c4c56)c3ccccc23)c(-c2cccc3ccccc23)c1. The van der Waals surface area contributed by atoms with Gasteiger partial charge in [-0.25, -0.2) is 0 Å². The van der Waals surface area contributed by atoms with Crippen LogP contribution in [0, 0.1) is 0 Å². The standard InChI is InChI=1S/C58H34O/c1-2-16-40-35(12-1)13-10-23-42(40)44-24-11-22-41(39-30-33-53-51(34-39)43-17-7-8-25-52(43)59-53)57(44)58-47-20-5-3-18-45(47)56(46-19-4-6-21-48(46)58)50-32-29-38-27-26-36-14-9-15-37-28-31-49(50)55(38)54(36)37/h1-34H. The van der Waals surface area contributed by atoms with Crippen molar-refractivity contribution in [1.29, 1.82) is 0 Å². The second-order valence-corrected chi connectivity index (χ2v) is 15.9. The molecule has 0 N–H and O–H groups in total. The number of furan rings is 1. The van der Waals surface area contributed by atoms with Gasteiger partial charge >= 0.3 is 0 Å². The highest BCUT2D eigenvalue weighted by molar-refractivity contribution is 6.30. The molecule has 13 rings (SSSR count). The van der Waals surface area contributed by atoms with Gasteiger partial charge in [-0.05, 0) is 127 Å². The molecule has 59 heavy (non-hydrogen) atoms. The van der Waals surface area contributed by atoms with Gasteiger partial charge in [-0.15, -0.1) is 0 Å². The number of hydrogen-bond acceptors (Lipinski definition) is 1. The van der Waals surface area contributed by atoms with Crippen LogP contribution in [0.15, 0.2) is 211 Å². The van der Waals surface area contributed by atoms with Gasteiger partial charge in [0.25, 0.3) is 0 Å². The van der Waals surface area contributed by atoms with E-state index >= 15 is 0 Å². The van der Waals surface area contributed by atoms with E-state index in [0.717, 1.165) is 27.5 Å². The molecule has 0 aliphatic rings. The Hall–Kier alpha value is -7.74. The van der Waals surface area contributed by atoms with Gasteiger partial charge in [0.1, 0.15) is 11.2 Å². The minimum absolute atomic E-state index is 0.898. The third kappa shape index (κ3) is 4.67. The average molecular weight is 747 g/mol. The quantitative estimate of drug-likeness (QED) is 0.129. The average Bonchev–Trinajstić information content (AvgIpc) is 3.68. The molecule has 0 aliphatic carbocycles. The maximum absolute atomic E-state index is 6.34. The molecule has 12 aromatic carbocycles. The normalized spacial score (nSPS) is 12.1. The Morgan fingerprint density at radius 1 is 0.237 bits per heavy atom. The summed E-state index contributed by atoms with van der Waals surface area (Å²) in [5.41, 5.74) is 11.6. The Morgan fingerprint density at radius 3 is 1.54 bits per heavy atom. The van der Waals surface area contributed by atoms with Gasteiger partial charge in [0.05, 0.1) is 0 Å². The van der Waals surface area contributed by atoms with Crippen molar-refractivity contribution in [1.82, 2.24) is 0 Å². The first kappa shape index (κ1) is 32.4. The molecule has 0 spiro atoms. The van der Waals surface area contributed by atoms with Gasteiger partial charge < -0.3 is 4.42 Å². The summed E-state index contributed by atoms with van der Waals surface area (Å²) in [6.07, 6.45) is 0. The Balaban J connectivity index is 1.18. The van der Waals surface area contributed by atoms with Gasteiger partial charge in [-0.1, -0.05) is 188 Å². The van der Waals surface area contributed by atoms with E-state index in [-0.39, 0.29) is 0 Å². The van der Waals surface area contributed by atoms with Crippen molar-refractivity contribution in [3.05, 3.63) is 206 Å². The van der Waals surface area contributed by atoms with Crippen LogP contribution in [0.25, 0.3) is 131 Å². The molecule has 0 fully saturated rings. The van der Waals surface area contributed by atoms with Crippen molar-refractivity contribution in [3.63, 3.8) is 0 Å². The van der Waals surface area contributed by atoms with Crippen molar-refractivity contribution in [2.75, 3.05) is 0 Å². The lowest BCUT2D eigenvalue weighted by atomic mass is 9.79. The second kappa shape index (κ2) is 12.4. The number of para-hydroxylation sites is 1. The third-order valence-corrected chi connectivity index (χ3v) is 12.8. The molecule has 0 unspecified atom stereocenters. The van der Waals surface area contributed by atoms with Crippen LogP contribution in [0.5, 0.6) is 0 Å². The molecule has 1 heteroatoms. The van der Waals surface area contributed by atoms with Crippen LogP contribution in [0.1, 0.15) is 0 Å². The fourth-order valence-electron chi connectivity index (χ4n) is 10.3. The number of hydrogen-bond donors (Lipinski definition) is 0. The van der Waals surface area contributed by atoms with Crippen molar-refractivity contribution < 1.29 is 4.42 Å². The maximum Gasteiger partial charge on any atom is 0.135 e. The largest absolute Gasteiger partial charge is 0.456 e. The topological polar surface area (TPSA) is 13.1 Å². The van der Waals surface area contributed by atoms with Crippen LogP contribution in [0.4, 0.5) is 0 Å². The first-order valence-corrected chi connectivity index (χ1v) is 20.4. The summed E-state index contributed by atoms with van der Waals surface area (Å²) in [5, 5.41) is 17.5. The molecule has 0 amide bonds. The summed E-state index contributed by atoms with van der Waals surface area (Å²) in [6.45, 7) is 0. The van der Waals surface area contributed by atoms with E-state index in [9.17, 15) is 0 Å². The van der Waals surface area contributed by atoms with Crippen molar-refractivity contribution in [3.8, 4) is 44.5 Å². The van der Waals surface area contributed by atoms with E-state index in [1.54, 1.807) is 0 Å². The molecule has 1 nitrogen and oxygen atoms in total. The maximum atomic E-state index is 6.34. The lowest BCUT2D eigenvalue weighted by molar-refractivity contribution is 0.669. The zero-order valence-corrected chi connectivity index (χ0v) is 32.0. The lowest BCUT2D eigenvalue weighted by Gasteiger charge is -2.23. The Kier molecular flexibility index (Phi) is 6.79. The van der Waals surface area contributed by atoms with Crippen LogP contribution in [0.2, 0.25) is 0 Å². The van der Waals surface area contributed by atoms with E-state index in [1.165, 1.54) is 104 Å².